The highest BCUT2D eigenvalue weighted by molar-refractivity contribution is 5.80. The summed E-state index contributed by atoms with van der Waals surface area (Å²) in [5, 5.41) is 6.86. The summed E-state index contributed by atoms with van der Waals surface area (Å²) in [6, 6.07) is 8.41. The van der Waals surface area contributed by atoms with E-state index in [1.807, 2.05) is 18.2 Å². The molecule has 0 radical (unpaired) electrons. The molecule has 0 aromatic heterocycles. The van der Waals surface area contributed by atoms with Gasteiger partial charge in [-0.25, -0.2) is 4.99 Å². The highest BCUT2D eigenvalue weighted by Crippen LogP contribution is 2.18. The molecular weight excluding hydrogens is 336 g/mol. The van der Waals surface area contributed by atoms with Gasteiger partial charge in [0.15, 0.2) is 5.96 Å². The number of rotatable bonds is 13. The van der Waals surface area contributed by atoms with Crippen molar-refractivity contribution < 1.29 is 4.74 Å². The highest BCUT2D eigenvalue weighted by atomic mass is 16.5. The first-order valence-electron chi connectivity index (χ1n) is 10.2. The van der Waals surface area contributed by atoms with E-state index < -0.39 is 0 Å². The summed E-state index contributed by atoms with van der Waals surface area (Å²) in [7, 11) is 0. The summed E-state index contributed by atoms with van der Waals surface area (Å²) in [5.41, 5.74) is 1.07. The summed E-state index contributed by atoms with van der Waals surface area (Å²) in [5.74, 6) is 1.72. The first kappa shape index (κ1) is 23.0. The molecule has 27 heavy (non-hydrogen) atoms. The Kier molecular flexibility index (Phi) is 12.0. The monoisotopic (exact) mass is 374 g/mol. The van der Waals surface area contributed by atoms with Crippen LogP contribution >= 0.6 is 0 Å². The molecule has 0 spiro atoms. The number of ether oxygens (including phenoxy) is 1. The molecule has 0 amide bonds. The molecule has 0 aliphatic rings. The second kappa shape index (κ2) is 14.1. The van der Waals surface area contributed by atoms with Crippen molar-refractivity contribution in [3.63, 3.8) is 0 Å². The number of guanidine groups is 1. The highest BCUT2D eigenvalue weighted by Gasteiger charge is 2.08. The van der Waals surface area contributed by atoms with Crippen molar-refractivity contribution >= 4 is 5.96 Å². The van der Waals surface area contributed by atoms with Gasteiger partial charge in [-0.2, -0.15) is 0 Å². The Morgan fingerprint density at radius 1 is 1.26 bits per heavy atom. The molecule has 0 saturated heterocycles. The largest absolute Gasteiger partial charge is 0.489 e. The fourth-order valence-electron chi connectivity index (χ4n) is 2.87. The molecule has 0 saturated carbocycles. The SMILES string of the molecule is C=CCOc1ccccc1CN=C(NCC)NC(C)CCCN(CC)CC. The van der Waals surface area contributed by atoms with Crippen molar-refractivity contribution in [2.24, 2.45) is 4.99 Å². The summed E-state index contributed by atoms with van der Waals surface area (Å²) >= 11 is 0. The quantitative estimate of drug-likeness (QED) is 0.313. The van der Waals surface area contributed by atoms with E-state index in [1.54, 1.807) is 6.08 Å². The average molecular weight is 375 g/mol. The van der Waals surface area contributed by atoms with Gasteiger partial charge in [-0.05, 0) is 52.4 Å². The molecule has 1 atom stereocenters. The van der Waals surface area contributed by atoms with Crippen molar-refractivity contribution in [3.8, 4) is 5.75 Å². The molecule has 1 rings (SSSR count). The first-order valence-corrected chi connectivity index (χ1v) is 10.2. The van der Waals surface area contributed by atoms with Crippen LogP contribution in [0.25, 0.3) is 0 Å². The van der Waals surface area contributed by atoms with Gasteiger partial charge in [-0.3, -0.25) is 0 Å². The summed E-state index contributed by atoms with van der Waals surface area (Å²) in [6.45, 7) is 17.8. The van der Waals surface area contributed by atoms with Crippen molar-refractivity contribution in [1.82, 2.24) is 15.5 Å². The molecule has 5 nitrogen and oxygen atoms in total. The minimum Gasteiger partial charge on any atom is -0.489 e. The second-order valence-electron chi connectivity index (χ2n) is 6.62. The van der Waals surface area contributed by atoms with Crippen molar-refractivity contribution in [1.29, 1.82) is 0 Å². The standard InChI is InChI=1S/C22H38N4O/c1-6-17-27-21-15-11-10-14-20(21)18-24-22(23-7-2)25-19(5)13-12-16-26(8-3)9-4/h6,10-11,14-15,19H,1,7-9,12-13,16-18H2,2-5H3,(H2,23,24,25). The minimum atomic E-state index is 0.380. The fourth-order valence-corrected chi connectivity index (χ4v) is 2.87. The van der Waals surface area contributed by atoms with Crippen LogP contribution in [0.2, 0.25) is 0 Å². The van der Waals surface area contributed by atoms with Crippen LogP contribution < -0.4 is 15.4 Å². The number of aliphatic imine (C=N–C) groups is 1. The Balaban J connectivity index is 2.60. The van der Waals surface area contributed by atoms with E-state index in [4.69, 9.17) is 9.73 Å². The zero-order chi connectivity index (χ0) is 19.9. The van der Waals surface area contributed by atoms with Gasteiger partial charge in [0.2, 0.25) is 0 Å². The van der Waals surface area contributed by atoms with E-state index in [0.29, 0.717) is 19.2 Å². The van der Waals surface area contributed by atoms with Gasteiger partial charge in [0.1, 0.15) is 12.4 Å². The lowest BCUT2D eigenvalue weighted by Crippen LogP contribution is -2.42. The lowest BCUT2D eigenvalue weighted by molar-refractivity contribution is 0.292. The summed E-state index contributed by atoms with van der Waals surface area (Å²) in [6.07, 6.45) is 4.07. The summed E-state index contributed by atoms with van der Waals surface area (Å²) in [4.78, 5) is 7.21. The molecule has 152 valence electrons. The van der Waals surface area contributed by atoms with Crippen LogP contribution in [-0.2, 0) is 6.54 Å². The first-order chi connectivity index (χ1) is 13.1. The number of hydrogen-bond donors (Lipinski definition) is 2. The van der Waals surface area contributed by atoms with E-state index in [1.165, 1.54) is 6.42 Å². The van der Waals surface area contributed by atoms with Gasteiger partial charge in [-0.15, -0.1) is 0 Å². The van der Waals surface area contributed by atoms with Crippen LogP contribution in [0.3, 0.4) is 0 Å². The van der Waals surface area contributed by atoms with E-state index in [9.17, 15) is 0 Å². The predicted molar refractivity (Wildman–Crippen MR) is 117 cm³/mol. The third-order valence-corrected chi connectivity index (χ3v) is 4.47. The van der Waals surface area contributed by atoms with E-state index in [2.05, 4.69) is 55.9 Å². The Morgan fingerprint density at radius 2 is 2.00 bits per heavy atom. The van der Waals surface area contributed by atoms with Crippen LogP contribution in [-0.4, -0.2) is 49.7 Å². The van der Waals surface area contributed by atoms with Crippen LogP contribution in [0.4, 0.5) is 0 Å². The predicted octanol–water partition coefficient (Wildman–Crippen LogP) is 3.82. The van der Waals surface area contributed by atoms with Crippen LogP contribution in [0, 0.1) is 0 Å². The molecule has 1 aromatic rings. The molecule has 0 fully saturated rings. The zero-order valence-corrected chi connectivity index (χ0v) is 17.6. The molecule has 0 aliphatic heterocycles. The van der Waals surface area contributed by atoms with Crippen molar-refractivity contribution in [3.05, 3.63) is 42.5 Å². The topological polar surface area (TPSA) is 48.9 Å². The second-order valence-corrected chi connectivity index (χ2v) is 6.62. The molecule has 0 bridgehead atoms. The molecule has 5 heteroatoms. The lowest BCUT2D eigenvalue weighted by atomic mass is 10.2. The summed E-state index contributed by atoms with van der Waals surface area (Å²) < 4.78 is 5.72. The smallest absolute Gasteiger partial charge is 0.191 e. The van der Waals surface area contributed by atoms with Crippen LogP contribution in [0.5, 0.6) is 5.75 Å². The van der Waals surface area contributed by atoms with Gasteiger partial charge >= 0.3 is 0 Å². The molecule has 1 unspecified atom stereocenters. The molecule has 1 aromatic carbocycles. The van der Waals surface area contributed by atoms with Crippen molar-refractivity contribution in [2.45, 2.75) is 53.1 Å². The minimum absolute atomic E-state index is 0.380. The number of para-hydroxylation sites is 1. The Morgan fingerprint density at radius 3 is 2.67 bits per heavy atom. The number of nitrogens with zero attached hydrogens (tertiary/aromatic N) is 2. The maximum Gasteiger partial charge on any atom is 0.191 e. The van der Waals surface area contributed by atoms with E-state index in [-0.39, 0.29) is 0 Å². The number of benzene rings is 1. The third kappa shape index (κ3) is 9.48. The average Bonchev–Trinajstić information content (AvgIpc) is 2.68. The van der Waals surface area contributed by atoms with Gasteiger partial charge in [0.25, 0.3) is 0 Å². The Labute approximate surface area is 165 Å². The van der Waals surface area contributed by atoms with Crippen LogP contribution in [0.15, 0.2) is 41.9 Å². The van der Waals surface area contributed by atoms with Crippen molar-refractivity contribution in [2.75, 3.05) is 32.8 Å². The Bertz CT molecular complexity index is 555. The van der Waals surface area contributed by atoms with Gasteiger partial charge in [0, 0.05) is 18.2 Å². The molecule has 0 aliphatic carbocycles. The van der Waals surface area contributed by atoms with Gasteiger partial charge in [0.05, 0.1) is 6.54 Å². The van der Waals surface area contributed by atoms with E-state index in [0.717, 1.165) is 49.9 Å². The Hall–Kier alpha value is -2.01. The molecular formula is C22H38N4O. The fraction of sp³-hybridized carbons (Fsp3) is 0.591. The molecule has 0 heterocycles. The number of nitrogens with one attached hydrogen (secondary N) is 2. The lowest BCUT2D eigenvalue weighted by Gasteiger charge is -2.21. The molecule has 2 N–H and O–H groups in total. The zero-order valence-electron chi connectivity index (χ0n) is 17.6. The maximum atomic E-state index is 5.72. The van der Waals surface area contributed by atoms with Gasteiger partial charge < -0.3 is 20.3 Å². The number of hydrogen-bond acceptors (Lipinski definition) is 3. The van der Waals surface area contributed by atoms with E-state index >= 15 is 0 Å². The maximum absolute atomic E-state index is 5.72. The van der Waals surface area contributed by atoms with Crippen LogP contribution in [0.1, 0.15) is 46.1 Å². The normalized spacial score (nSPS) is 12.7. The third-order valence-electron chi connectivity index (χ3n) is 4.47. The van der Waals surface area contributed by atoms with Gasteiger partial charge in [-0.1, -0.05) is 44.7 Å².